The first-order chi connectivity index (χ1) is 10.3. The van der Waals surface area contributed by atoms with E-state index >= 15 is 0 Å². The second kappa shape index (κ2) is 7.45. The maximum Gasteiger partial charge on any atom is 0.0203 e. The van der Waals surface area contributed by atoms with Crippen molar-refractivity contribution in [3.8, 4) is 0 Å². The topological polar surface area (TPSA) is 0 Å². The summed E-state index contributed by atoms with van der Waals surface area (Å²) in [6, 6.07) is 20.2. The van der Waals surface area contributed by atoms with Gasteiger partial charge >= 0.3 is 0 Å². The molecule has 0 spiro atoms. The van der Waals surface area contributed by atoms with Gasteiger partial charge in [0.15, 0.2) is 0 Å². The van der Waals surface area contributed by atoms with Crippen LogP contribution in [-0.4, -0.2) is 0 Å². The molecule has 1 aliphatic carbocycles. The van der Waals surface area contributed by atoms with Crippen molar-refractivity contribution in [1.82, 2.24) is 0 Å². The van der Waals surface area contributed by atoms with Gasteiger partial charge in [-0.2, -0.15) is 0 Å². The van der Waals surface area contributed by atoms with Crippen molar-refractivity contribution < 1.29 is 0 Å². The minimum atomic E-state index is 0.255. The molecule has 0 nitrogen and oxygen atoms in total. The molecule has 0 heterocycles. The Bertz CT molecular complexity index is 533. The number of aryl methyl sites for hydroxylation is 1. The smallest absolute Gasteiger partial charge is 0.0203 e. The van der Waals surface area contributed by atoms with Gasteiger partial charge in [0.25, 0.3) is 0 Å². The highest BCUT2D eigenvalue weighted by atomic mass is 14.4. The zero-order valence-electron chi connectivity index (χ0n) is 13.7. The molecular formula is C21H28. The van der Waals surface area contributed by atoms with Gasteiger partial charge in [-0.1, -0.05) is 93.3 Å². The molecule has 1 saturated carbocycles. The second-order valence-electron chi connectivity index (χ2n) is 5.88. The molecule has 3 rings (SSSR count). The fourth-order valence-electron chi connectivity index (χ4n) is 3.60. The fourth-order valence-corrected chi connectivity index (χ4v) is 3.60. The Hall–Kier alpha value is -1.56. The largest absolute Gasteiger partial charge is 0.0683 e. The van der Waals surface area contributed by atoms with Crippen molar-refractivity contribution in [2.75, 3.05) is 0 Å². The molecule has 1 aliphatic rings. The monoisotopic (exact) mass is 280 g/mol. The minimum Gasteiger partial charge on any atom is -0.0683 e. The average Bonchev–Trinajstić information content (AvgIpc) is 2.58. The molecule has 21 heavy (non-hydrogen) atoms. The summed E-state index contributed by atoms with van der Waals surface area (Å²) in [5, 5.41) is 0. The van der Waals surface area contributed by atoms with E-state index in [2.05, 4.69) is 61.5 Å². The molecular weight excluding hydrogens is 252 g/mol. The van der Waals surface area contributed by atoms with Crippen LogP contribution in [0.2, 0.25) is 0 Å². The predicted octanol–water partition coefficient (Wildman–Crippen LogP) is 6.27. The van der Waals surface area contributed by atoms with E-state index in [1.165, 1.54) is 48.8 Å². The van der Waals surface area contributed by atoms with Crippen LogP contribution in [0.4, 0.5) is 0 Å². The van der Waals surface area contributed by atoms with Crippen LogP contribution in [0.25, 0.3) is 0 Å². The molecule has 2 aromatic carbocycles. The summed E-state index contributed by atoms with van der Waals surface area (Å²) >= 11 is 0. The van der Waals surface area contributed by atoms with Gasteiger partial charge in [0.05, 0.1) is 0 Å². The minimum absolute atomic E-state index is 0.255. The zero-order valence-corrected chi connectivity index (χ0v) is 13.7. The lowest BCUT2D eigenvalue weighted by atomic mass is 9.65. The van der Waals surface area contributed by atoms with Crippen LogP contribution in [0, 0.1) is 6.92 Å². The quantitative estimate of drug-likeness (QED) is 0.608. The number of benzene rings is 2. The Morgan fingerprint density at radius 3 is 1.95 bits per heavy atom. The van der Waals surface area contributed by atoms with Gasteiger partial charge in [-0.25, -0.2) is 0 Å². The van der Waals surface area contributed by atoms with Crippen LogP contribution in [0.3, 0.4) is 0 Å². The van der Waals surface area contributed by atoms with Crippen molar-refractivity contribution in [3.63, 3.8) is 0 Å². The predicted molar refractivity (Wildman–Crippen MR) is 92.8 cm³/mol. The highest BCUT2D eigenvalue weighted by Crippen LogP contribution is 2.44. The Balaban J connectivity index is 0.000000774. The van der Waals surface area contributed by atoms with E-state index in [1.54, 1.807) is 0 Å². The van der Waals surface area contributed by atoms with E-state index in [-0.39, 0.29) is 5.41 Å². The van der Waals surface area contributed by atoms with Gasteiger partial charge in [-0.05, 0) is 30.9 Å². The van der Waals surface area contributed by atoms with E-state index in [0.29, 0.717) is 0 Å². The van der Waals surface area contributed by atoms with E-state index < -0.39 is 0 Å². The molecule has 2 aromatic rings. The average molecular weight is 280 g/mol. The summed E-state index contributed by atoms with van der Waals surface area (Å²) in [5.74, 6) is 0. The third kappa shape index (κ3) is 3.37. The standard InChI is InChI=1S/C19H22.C2H6/c1-16-9-8-12-18(15-16)19(13-6-3-7-14-19)17-10-4-2-5-11-17;1-2/h2,4-5,8-12,15H,3,6-7,13-14H2,1H3;1-2H3. The number of hydrogen-bond acceptors (Lipinski definition) is 0. The van der Waals surface area contributed by atoms with E-state index in [4.69, 9.17) is 0 Å². The van der Waals surface area contributed by atoms with Gasteiger partial charge in [0, 0.05) is 5.41 Å². The number of rotatable bonds is 2. The van der Waals surface area contributed by atoms with E-state index in [1.807, 2.05) is 13.8 Å². The van der Waals surface area contributed by atoms with Crippen LogP contribution in [-0.2, 0) is 5.41 Å². The lowest BCUT2D eigenvalue weighted by Crippen LogP contribution is -2.30. The Labute approximate surface area is 130 Å². The van der Waals surface area contributed by atoms with Crippen LogP contribution in [0.15, 0.2) is 54.6 Å². The maximum absolute atomic E-state index is 2.39. The summed E-state index contributed by atoms with van der Waals surface area (Å²) < 4.78 is 0. The maximum atomic E-state index is 2.39. The second-order valence-corrected chi connectivity index (χ2v) is 5.88. The summed E-state index contributed by atoms with van der Waals surface area (Å²) in [6.45, 7) is 6.20. The fraction of sp³-hybridized carbons (Fsp3) is 0.429. The highest BCUT2D eigenvalue weighted by molar-refractivity contribution is 5.41. The molecule has 0 aromatic heterocycles. The molecule has 0 aliphatic heterocycles. The SMILES string of the molecule is CC.Cc1cccc(C2(c3ccccc3)CCCCC2)c1. The molecule has 0 bridgehead atoms. The van der Waals surface area contributed by atoms with E-state index in [9.17, 15) is 0 Å². The first-order valence-electron chi connectivity index (χ1n) is 8.44. The summed E-state index contributed by atoms with van der Waals surface area (Å²) in [5.41, 5.74) is 4.64. The van der Waals surface area contributed by atoms with Gasteiger partial charge in [0.2, 0.25) is 0 Å². The van der Waals surface area contributed by atoms with Crippen molar-refractivity contribution >= 4 is 0 Å². The van der Waals surface area contributed by atoms with Crippen LogP contribution < -0.4 is 0 Å². The molecule has 0 radical (unpaired) electrons. The lowest BCUT2D eigenvalue weighted by molar-refractivity contribution is 0.346. The Morgan fingerprint density at radius 2 is 1.33 bits per heavy atom. The molecule has 0 unspecified atom stereocenters. The molecule has 0 amide bonds. The Kier molecular flexibility index (Phi) is 5.61. The van der Waals surface area contributed by atoms with Gasteiger partial charge in [-0.3, -0.25) is 0 Å². The highest BCUT2D eigenvalue weighted by Gasteiger charge is 2.35. The third-order valence-corrected chi connectivity index (χ3v) is 4.60. The Morgan fingerprint density at radius 1 is 0.714 bits per heavy atom. The number of hydrogen-bond donors (Lipinski definition) is 0. The summed E-state index contributed by atoms with van der Waals surface area (Å²) in [7, 11) is 0. The van der Waals surface area contributed by atoms with Crippen molar-refractivity contribution in [3.05, 3.63) is 71.3 Å². The summed E-state index contributed by atoms with van der Waals surface area (Å²) in [6.07, 6.45) is 6.67. The molecule has 0 heteroatoms. The first kappa shape index (κ1) is 15.8. The van der Waals surface area contributed by atoms with E-state index in [0.717, 1.165) is 0 Å². The molecule has 0 saturated heterocycles. The molecule has 0 N–H and O–H groups in total. The lowest BCUT2D eigenvalue weighted by Gasteiger charge is -2.38. The normalized spacial score (nSPS) is 16.7. The van der Waals surface area contributed by atoms with Crippen molar-refractivity contribution in [2.24, 2.45) is 0 Å². The van der Waals surface area contributed by atoms with Crippen LogP contribution >= 0.6 is 0 Å². The van der Waals surface area contributed by atoms with Crippen LogP contribution in [0.1, 0.15) is 62.6 Å². The summed E-state index contributed by atoms with van der Waals surface area (Å²) in [4.78, 5) is 0. The van der Waals surface area contributed by atoms with Crippen molar-refractivity contribution in [2.45, 2.75) is 58.3 Å². The van der Waals surface area contributed by atoms with Gasteiger partial charge in [0.1, 0.15) is 0 Å². The zero-order chi connectivity index (χ0) is 15.1. The molecule has 112 valence electrons. The van der Waals surface area contributed by atoms with Crippen molar-refractivity contribution in [1.29, 1.82) is 0 Å². The molecule has 1 fully saturated rings. The molecule has 0 atom stereocenters. The third-order valence-electron chi connectivity index (χ3n) is 4.60. The first-order valence-corrected chi connectivity index (χ1v) is 8.44. The van der Waals surface area contributed by atoms with Gasteiger partial charge < -0.3 is 0 Å². The van der Waals surface area contributed by atoms with Gasteiger partial charge in [-0.15, -0.1) is 0 Å². The van der Waals surface area contributed by atoms with Crippen LogP contribution in [0.5, 0.6) is 0 Å².